The highest BCUT2D eigenvalue weighted by Crippen LogP contribution is 2.59. The van der Waals surface area contributed by atoms with E-state index in [4.69, 9.17) is 0 Å². The Morgan fingerprint density at radius 1 is 0.306 bits per heavy atom. The topological polar surface area (TPSA) is 209 Å². The highest BCUT2D eigenvalue weighted by molar-refractivity contribution is 5.91. The van der Waals surface area contributed by atoms with Crippen molar-refractivity contribution in [3.63, 3.8) is 0 Å². The molecule has 6 aromatic carbocycles. The number of hydrogen-bond acceptors (Lipinski definition) is 12. The van der Waals surface area contributed by atoms with Gasteiger partial charge in [-0.1, -0.05) is 60.2 Å². The fourth-order valence-corrected chi connectivity index (χ4v) is 5.46. The molecule has 0 atom stereocenters. The lowest BCUT2D eigenvalue weighted by Crippen LogP contribution is -2.11. The van der Waals surface area contributed by atoms with Crippen LogP contribution in [0.3, 0.4) is 0 Å². The molecular weight excluding hydrogens is 632 g/mol. The number of aryl methyl sites for hydroxylation is 1. The third kappa shape index (κ3) is 5.42. The van der Waals surface area contributed by atoms with Gasteiger partial charge in [0.15, 0.2) is 23.0 Å². The highest BCUT2D eigenvalue weighted by Gasteiger charge is 2.30. The normalized spacial score (nSPS) is 11.0. The quantitative estimate of drug-likeness (QED) is 0.0590. The van der Waals surface area contributed by atoms with Crippen LogP contribution in [-0.4, -0.2) is 51.1 Å². The number of anilines is 6. The zero-order valence-electron chi connectivity index (χ0n) is 25.7. The average molecular weight is 663 g/mol. The van der Waals surface area contributed by atoms with Crippen LogP contribution in [0.25, 0.3) is 11.1 Å². The van der Waals surface area contributed by atoms with Gasteiger partial charge in [-0.25, -0.2) is 0 Å². The molecule has 0 unspecified atom stereocenters. The molecule has 10 N–H and O–H groups in total. The number of phenols is 10. The largest absolute Gasteiger partial charge is 0.503 e. The Balaban J connectivity index is 1.41. The highest BCUT2D eigenvalue weighted by atomic mass is 16.4. The first-order chi connectivity index (χ1) is 23.4. The summed E-state index contributed by atoms with van der Waals surface area (Å²) in [6.45, 7) is 1.88. The van der Waals surface area contributed by atoms with Gasteiger partial charge in [0.05, 0.1) is 0 Å². The van der Waals surface area contributed by atoms with E-state index in [-0.39, 0.29) is 11.4 Å². The van der Waals surface area contributed by atoms with Gasteiger partial charge in [0.1, 0.15) is 11.4 Å². The smallest absolute Gasteiger partial charge is 0.208 e. The maximum absolute atomic E-state index is 10.8. The fourth-order valence-electron chi connectivity index (χ4n) is 5.46. The van der Waals surface area contributed by atoms with Gasteiger partial charge < -0.3 is 60.9 Å². The van der Waals surface area contributed by atoms with Crippen molar-refractivity contribution in [1.29, 1.82) is 0 Å². The van der Waals surface area contributed by atoms with Crippen molar-refractivity contribution >= 4 is 34.1 Å². The SMILES string of the molecule is Cc1ccc(N(c2ccc(-c3ccc(N(c4ccccc4)c4c(O)c(O)c(O)c(O)c4O)cc3)cc2)c2c(O)c(O)c(O)c(O)c2O)cc1. The molecule has 0 aromatic heterocycles. The van der Waals surface area contributed by atoms with E-state index >= 15 is 0 Å². The molecule has 49 heavy (non-hydrogen) atoms. The Bertz CT molecular complexity index is 2110. The van der Waals surface area contributed by atoms with Gasteiger partial charge in [0, 0.05) is 22.7 Å². The summed E-state index contributed by atoms with van der Waals surface area (Å²) in [7, 11) is 0. The maximum Gasteiger partial charge on any atom is 0.208 e. The van der Waals surface area contributed by atoms with Crippen LogP contribution in [0.5, 0.6) is 57.5 Å². The molecule has 6 aromatic rings. The zero-order chi connectivity index (χ0) is 35.1. The van der Waals surface area contributed by atoms with E-state index in [0.29, 0.717) is 22.7 Å². The monoisotopic (exact) mass is 662 g/mol. The lowest BCUT2D eigenvalue weighted by molar-refractivity contribution is 0.329. The van der Waals surface area contributed by atoms with Crippen molar-refractivity contribution in [2.24, 2.45) is 0 Å². The second-order valence-corrected chi connectivity index (χ2v) is 11.1. The van der Waals surface area contributed by atoms with Crippen LogP contribution in [0.2, 0.25) is 0 Å². The summed E-state index contributed by atoms with van der Waals surface area (Å²) >= 11 is 0. The van der Waals surface area contributed by atoms with Gasteiger partial charge in [-0.3, -0.25) is 0 Å². The van der Waals surface area contributed by atoms with Crippen molar-refractivity contribution in [1.82, 2.24) is 0 Å². The predicted molar refractivity (Wildman–Crippen MR) is 183 cm³/mol. The molecule has 0 spiro atoms. The second-order valence-electron chi connectivity index (χ2n) is 11.1. The third-order valence-electron chi connectivity index (χ3n) is 8.03. The number of benzene rings is 6. The Kier molecular flexibility index (Phi) is 7.98. The van der Waals surface area contributed by atoms with Gasteiger partial charge in [-0.2, -0.15) is 0 Å². The molecule has 0 aliphatic heterocycles. The van der Waals surface area contributed by atoms with Crippen molar-refractivity contribution in [3.8, 4) is 68.6 Å². The summed E-state index contributed by atoms with van der Waals surface area (Å²) in [5.74, 6) is -9.63. The molecule has 0 aliphatic carbocycles. The Morgan fingerprint density at radius 3 is 0.898 bits per heavy atom. The zero-order valence-corrected chi connectivity index (χ0v) is 25.7. The molecule has 6 rings (SSSR count). The van der Waals surface area contributed by atoms with Crippen LogP contribution in [0.15, 0.2) is 103 Å². The number of aromatic hydroxyl groups is 10. The summed E-state index contributed by atoms with van der Waals surface area (Å²) < 4.78 is 0. The summed E-state index contributed by atoms with van der Waals surface area (Å²) in [5, 5.41) is 104. The van der Waals surface area contributed by atoms with Crippen LogP contribution >= 0.6 is 0 Å². The van der Waals surface area contributed by atoms with Gasteiger partial charge in [-0.05, 0) is 66.6 Å². The minimum absolute atomic E-state index is 0.368. The fraction of sp³-hybridized carbons (Fsp3) is 0.0270. The van der Waals surface area contributed by atoms with E-state index in [2.05, 4.69) is 0 Å². The number of rotatable bonds is 7. The molecule has 12 nitrogen and oxygen atoms in total. The number of hydrogen-bond donors (Lipinski definition) is 10. The summed E-state index contributed by atoms with van der Waals surface area (Å²) in [6.07, 6.45) is 0. The summed E-state index contributed by atoms with van der Waals surface area (Å²) in [5.41, 5.74) is 3.36. The van der Waals surface area contributed by atoms with E-state index < -0.39 is 57.5 Å². The first-order valence-electron chi connectivity index (χ1n) is 14.7. The Labute approximate surface area is 279 Å². The van der Waals surface area contributed by atoms with Crippen LogP contribution < -0.4 is 9.80 Å². The van der Waals surface area contributed by atoms with Crippen LogP contribution in [0.1, 0.15) is 5.56 Å². The van der Waals surface area contributed by atoms with Gasteiger partial charge in [-0.15, -0.1) is 0 Å². The Morgan fingerprint density at radius 2 is 0.571 bits per heavy atom. The molecule has 0 bridgehead atoms. The van der Waals surface area contributed by atoms with Crippen molar-refractivity contribution in [2.45, 2.75) is 6.92 Å². The third-order valence-corrected chi connectivity index (χ3v) is 8.03. The maximum atomic E-state index is 10.8. The van der Waals surface area contributed by atoms with Crippen LogP contribution in [0.4, 0.5) is 34.1 Å². The molecule has 0 heterocycles. The minimum atomic E-state index is -1.07. The predicted octanol–water partition coefficient (Wildman–Crippen LogP) is 7.66. The van der Waals surface area contributed by atoms with Crippen molar-refractivity contribution in [3.05, 3.63) is 109 Å². The Hall–Kier alpha value is -7.08. The van der Waals surface area contributed by atoms with E-state index in [0.717, 1.165) is 16.7 Å². The number of para-hydroxylation sites is 1. The van der Waals surface area contributed by atoms with Crippen LogP contribution in [-0.2, 0) is 0 Å². The van der Waals surface area contributed by atoms with Crippen molar-refractivity contribution in [2.75, 3.05) is 9.80 Å². The molecule has 0 saturated heterocycles. The molecule has 248 valence electrons. The number of phenolic OH excluding ortho intramolecular Hbond substituents is 10. The molecule has 0 amide bonds. The van der Waals surface area contributed by atoms with E-state index in [9.17, 15) is 51.1 Å². The molecular formula is C37H30N2O10. The molecule has 0 radical (unpaired) electrons. The number of nitrogens with zero attached hydrogens (tertiary/aromatic N) is 2. The lowest BCUT2D eigenvalue weighted by Gasteiger charge is -2.28. The first-order valence-corrected chi connectivity index (χ1v) is 14.7. The lowest BCUT2D eigenvalue weighted by atomic mass is 10.0. The minimum Gasteiger partial charge on any atom is -0.503 e. The van der Waals surface area contributed by atoms with E-state index in [1.165, 1.54) is 9.80 Å². The molecule has 0 fully saturated rings. The average Bonchev–Trinajstić information content (AvgIpc) is 3.13. The van der Waals surface area contributed by atoms with Gasteiger partial charge in [0.25, 0.3) is 0 Å². The summed E-state index contributed by atoms with van der Waals surface area (Å²) in [4.78, 5) is 2.78. The van der Waals surface area contributed by atoms with Gasteiger partial charge >= 0.3 is 0 Å². The molecule has 0 saturated carbocycles. The van der Waals surface area contributed by atoms with E-state index in [1.54, 1.807) is 103 Å². The molecule has 0 aliphatic rings. The van der Waals surface area contributed by atoms with Gasteiger partial charge in [0.2, 0.25) is 34.5 Å². The summed E-state index contributed by atoms with van der Waals surface area (Å²) in [6, 6.07) is 29.3. The second kappa shape index (κ2) is 12.3. The van der Waals surface area contributed by atoms with Crippen LogP contribution in [0, 0.1) is 6.92 Å². The standard InChI is InChI=1S/C37H30N2O10/c1-19-7-13-23(14-8-19)39(27-30(42)34(46)37(49)35(47)31(27)43)25-17-11-21(12-18-25)20-9-15-24(16-10-20)38(22-5-3-2-4-6-22)26-28(40)32(44)36(48)33(45)29(26)41/h2-18,40-49H,1H3. The molecule has 12 heteroatoms. The van der Waals surface area contributed by atoms with Crippen molar-refractivity contribution < 1.29 is 51.1 Å². The first kappa shape index (κ1) is 31.9. The van der Waals surface area contributed by atoms with E-state index in [1.807, 2.05) is 6.92 Å².